The summed E-state index contributed by atoms with van der Waals surface area (Å²) >= 11 is 1.62. The lowest BCUT2D eigenvalue weighted by Crippen LogP contribution is -2.16. The third-order valence-corrected chi connectivity index (χ3v) is 6.11. The summed E-state index contributed by atoms with van der Waals surface area (Å²) < 4.78 is 10.9. The van der Waals surface area contributed by atoms with Gasteiger partial charge in [-0.15, -0.1) is 11.8 Å². The highest BCUT2D eigenvalue weighted by Gasteiger charge is 2.19. The second-order valence-corrected chi connectivity index (χ2v) is 8.81. The van der Waals surface area contributed by atoms with Gasteiger partial charge in [0.25, 0.3) is 0 Å². The average Bonchev–Trinajstić information content (AvgIpc) is 2.83. The Morgan fingerprint density at radius 3 is 1.81 bits per heavy atom. The van der Waals surface area contributed by atoms with Crippen LogP contribution in [-0.2, 0) is 4.74 Å². The van der Waals surface area contributed by atoms with Crippen molar-refractivity contribution in [3.63, 3.8) is 0 Å². The Labute approximate surface area is 197 Å². The molecule has 174 valence electrons. The lowest BCUT2D eigenvalue weighted by molar-refractivity contribution is 0.0489. The van der Waals surface area contributed by atoms with E-state index in [2.05, 4.69) is 6.92 Å². The molecule has 0 radical (unpaired) electrons. The lowest BCUT2D eigenvalue weighted by Gasteiger charge is -2.10. The van der Waals surface area contributed by atoms with Gasteiger partial charge in [0, 0.05) is 4.90 Å². The van der Waals surface area contributed by atoms with E-state index in [-0.39, 0.29) is 11.1 Å². The molecule has 0 heterocycles. The fourth-order valence-electron chi connectivity index (χ4n) is 3.48. The van der Waals surface area contributed by atoms with E-state index in [1.54, 1.807) is 48.2 Å². The van der Waals surface area contributed by atoms with Gasteiger partial charge in [-0.2, -0.15) is 0 Å². The van der Waals surface area contributed by atoms with Crippen LogP contribution < -0.4 is 4.74 Å². The van der Waals surface area contributed by atoms with Gasteiger partial charge in [0.1, 0.15) is 5.75 Å². The largest absolute Gasteiger partial charge is 0.462 e. The highest BCUT2D eigenvalue weighted by Crippen LogP contribution is 2.21. The molecule has 5 heteroatoms. The Balaban J connectivity index is 1.73. The molecule has 0 aliphatic carbocycles. The van der Waals surface area contributed by atoms with Crippen LogP contribution in [0.2, 0.25) is 0 Å². The number of esters is 2. The van der Waals surface area contributed by atoms with Gasteiger partial charge in [0.2, 0.25) is 0 Å². The molecule has 0 aliphatic heterocycles. The van der Waals surface area contributed by atoms with Crippen LogP contribution in [0.4, 0.5) is 0 Å². The third-order valence-electron chi connectivity index (χ3n) is 5.37. The number of rotatable bonds is 15. The molecule has 32 heavy (non-hydrogen) atoms. The van der Waals surface area contributed by atoms with Gasteiger partial charge < -0.3 is 9.47 Å². The lowest BCUT2D eigenvalue weighted by atomic mass is 10.1. The SMILES string of the molecule is CCCCCCCCCCCCOC(=O)c1ccccc1C(=O)Oc1ccc(SC)cc1. The van der Waals surface area contributed by atoms with Gasteiger partial charge in [-0.05, 0) is 49.1 Å². The maximum atomic E-state index is 12.6. The van der Waals surface area contributed by atoms with E-state index in [0.717, 1.165) is 17.7 Å². The summed E-state index contributed by atoms with van der Waals surface area (Å²) in [5, 5.41) is 0. The monoisotopic (exact) mass is 456 g/mol. The molecule has 0 aliphatic rings. The van der Waals surface area contributed by atoms with Gasteiger partial charge in [0.15, 0.2) is 0 Å². The van der Waals surface area contributed by atoms with Gasteiger partial charge in [-0.1, -0.05) is 76.8 Å². The zero-order valence-electron chi connectivity index (χ0n) is 19.4. The van der Waals surface area contributed by atoms with Crippen LogP contribution in [0.5, 0.6) is 5.75 Å². The molecule has 0 fully saturated rings. The number of unbranched alkanes of at least 4 members (excludes halogenated alkanes) is 9. The highest BCUT2D eigenvalue weighted by atomic mass is 32.2. The van der Waals surface area contributed by atoms with Crippen LogP contribution in [-0.4, -0.2) is 24.8 Å². The molecule has 4 nitrogen and oxygen atoms in total. The number of thioether (sulfide) groups is 1. The standard InChI is InChI=1S/C27H36O4S/c1-3-4-5-6-7-8-9-10-11-14-21-30-26(28)24-15-12-13-16-25(24)27(29)31-22-17-19-23(32-2)20-18-22/h12-13,15-20H,3-11,14,21H2,1-2H3. The highest BCUT2D eigenvalue weighted by molar-refractivity contribution is 7.98. The van der Waals surface area contributed by atoms with E-state index in [9.17, 15) is 9.59 Å². The second-order valence-electron chi connectivity index (χ2n) is 7.93. The number of carbonyl (C=O) groups excluding carboxylic acids is 2. The minimum atomic E-state index is -0.562. The Hall–Kier alpha value is -2.27. The molecular weight excluding hydrogens is 420 g/mol. The molecular formula is C27H36O4S. The fourth-order valence-corrected chi connectivity index (χ4v) is 3.89. The van der Waals surface area contributed by atoms with Gasteiger partial charge in [-0.25, -0.2) is 9.59 Å². The van der Waals surface area contributed by atoms with E-state index in [4.69, 9.17) is 9.47 Å². The number of ether oxygens (including phenoxy) is 2. The Morgan fingerprint density at radius 2 is 1.25 bits per heavy atom. The smallest absolute Gasteiger partial charge is 0.344 e. The van der Waals surface area contributed by atoms with Gasteiger partial charge in [-0.3, -0.25) is 0 Å². The van der Waals surface area contributed by atoms with E-state index < -0.39 is 11.9 Å². The van der Waals surface area contributed by atoms with Crippen LogP contribution >= 0.6 is 11.8 Å². The van der Waals surface area contributed by atoms with Crippen molar-refractivity contribution in [2.75, 3.05) is 12.9 Å². The maximum absolute atomic E-state index is 12.6. The summed E-state index contributed by atoms with van der Waals surface area (Å²) in [6, 6.07) is 13.9. The first-order valence-electron chi connectivity index (χ1n) is 11.8. The molecule has 0 saturated heterocycles. The average molecular weight is 457 g/mol. The van der Waals surface area contributed by atoms with Crippen LogP contribution in [0.3, 0.4) is 0 Å². The zero-order chi connectivity index (χ0) is 23.0. The van der Waals surface area contributed by atoms with E-state index in [1.165, 1.54) is 51.4 Å². The van der Waals surface area contributed by atoms with Crippen molar-refractivity contribution in [1.82, 2.24) is 0 Å². The molecule has 0 spiro atoms. The Bertz CT molecular complexity index is 817. The molecule has 0 N–H and O–H groups in total. The van der Waals surface area contributed by atoms with Gasteiger partial charge >= 0.3 is 11.9 Å². The van der Waals surface area contributed by atoms with E-state index in [1.807, 2.05) is 18.4 Å². The Kier molecular flexibility index (Phi) is 12.6. The molecule has 0 saturated carbocycles. The minimum absolute atomic E-state index is 0.217. The topological polar surface area (TPSA) is 52.6 Å². The van der Waals surface area contributed by atoms with Crippen molar-refractivity contribution < 1.29 is 19.1 Å². The summed E-state index contributed by atoms with van der Waals surface area (Å²) in [7, 11) is 0. The summed E-state index contributed by atoms with van der Waals surface area (Å²) in [5.74, 6) is -0.596. The van der Waals surface area contributed by atoms with Crippen LogP contribution in [0.25, 0.3) is 0 Å². The van der Waals surface area contributed by atoms with Crippen molar-refractivity contribution in [3.8, 4) is 5.75 Å². The number of hydrogen-bond acceptors (Lipinski definition) is 5. The van der Waals surface area contributed by atoms with E-state index in [0.29, 0.717) is 12.4 Å². The van der Waals surface area contributed by atoms with Crippen molar-refractivity contribution >= 4 is 23.7 Å². The van der Waals surface area contributed by atoms with Crippen LogP contribution in [0.1, 0.15) is 91.8 Å². The third kappa shape index (κ3) is 9.47. The molecule has 0 amide bonds. The van der Waals surface area contributed by atoms with Crippen molar-refractivity contribution in [2.24, 2.45) is 0 Å². The molecule has 0 bridgehead atoms. The van der Waals surface area contributed by atoms with E-state index >= 15 is 0 Å². The molecule has 2 aromatic carbocycles. The fraction of sp³-hybridized carbons (Fsp3) is 0.481. The van der Waals surface area contributed by atoms with Gasteiger partial charge in [0.05, 0.1) is 17.7 Å². The predicted octanol–water partition coefficient (Wildman–Crippen LogP) is 7.71. The maximum Gasteiger partial charge on any atom is 0.344 e. The predicted molar refractivity (Wildman–Crippen MR) is 132 cm³/mol. The summed E-state index contributed by atoms with van der Waals surface area (Å²) in [6.45, 7) is 2.61. The van der Waals surface area contributed by atoms with Crippen molar-refractivity contribution in [3.05, 3.63) is 59.7 Å². The van der Waals surface area contributed by atoms with Crippen LogP contribution in [0, 0.1) is 0 Å². The van der Waals surface area contributed by atoms with Crippen molar-refractivity contribution in [1.29, 1.82) is 0 Å². The number of hydrogen-bond donors (Lipinski definition) is 0. The normalized spacial score (nSPS) is 10.7. The second kappa shape index (κ2) is 15.5. The number of carbonyl (C=O) groups is 2. The summed E-state index contributed by atoms with van der Waals surface area (Å²) in [6.07, 6.45) is 14.2. The molecule has 0 atom stereocenters. The zero-order valence-corrected chi connectivity index (χ0v) is 20.3. The minimum Gasteiger partial charge on any atom is -0.462 e. The van der Waals surface area contributed by atoms with Crippen LogP contribution in [0.15, 0.2) is 53.4 Å². The Morgan fingerprint density at radius 1 is 0.719 bits per heavy atom. The number of benzene rings is 2. The van der Waals surface area contributed by atoms with Crippen molar-refractivity contribution in [2.45, 2.75) is 76.0 Å². The molecule has 0 unspecified atom stereocenters. The first-order valence-corrected chi connectivity index (χ1v) is 13.0. The summed E-state index contributed by atoms with van der Waals surface area (Å²) in [4.78, 5) is 26.2. The summed E-state index contributed by atoms with van der Waals surface area (Å²) in [5.41, 5.74) is 0.458. The first kappa shape index (κ1) is 26.0. The first-order chi connectivity index (χ1) is 15.7. The quantitative estimate of drug-likeness (QED) is 0.119. The molecule has 2 aromatic rings. The molecule has 0 aromatic heterocycles. The molecule has 2 rings (SSSR count).